The summed E-state index contributed by atoms with van der Waals surface area (Å²) < 4.78 is 10.9. The van der Waals surface area contributed by atoms with Gasteiger partial charge in [-0.15, -0.1) is 11.3 Å². The molecule has 0 spiro atoms. The maximum Gasteiger partial charge on any atom is 0.184 e. The Bertz CT molecular complexity index is 580. The molecule has 0 amide bonds. The van der Waals surface area contributed by atoms with Crippen molar-refractivity contribution in [2.45, 2.75) is 13.2 Å². The van der Waals surface area contributed by atoms with Gasteiger partial charge in [-0.25, -0.2) is 0 Å². The minimum atomic E-state index is -0.231. The Hall–Kier alpha value is -1.49. The van der Waals surface area contributed by atoms with E-state index in [9.17, 15) is 4.79 Å². The highest BCUT2D eigenvalue weighted by Gasteiger charge is 2.18. The second kappa shape index (κ2) is 5.25. The van der Waals surface area contributed by atoms with E-state index in [1.165, 1.54) is 11.3 Å². The molecule has 0 radical (unpaired) electrons. The van der Waals surface area contributed by atoms with Crippen molar-refractivity contribution in [1.29, 1.82) is 0 Å². The lowest BCUT2D eigenvalue weighted by molar-refractivity contribution is -0.0441. The fraction of sp³-hybridized carbons (Fsp3) is 0.267. The summed E-state index contributed by atoms with van der Waals surface area (Å²) in [5.41, 5.74) is 2.14. The van der Waals surface area contributed by atoms with Crippen LogP contribution in [-0.2, 0) is 9.47 Å². The molecular formula is C15H14O3S. The number of hydrogen-bond acceptors (Lipinski definition) is 4. The standard InChI is InChI=1S/C15H14O3S/c1-10(16)13-6-7-14(19-13)11-2-4-12(5-3-11)15-17-8-9-18-15/h2-7,15H,8-9H2,1H3. The number of hydrogen-bond donors (Lipinski definition) is 0. The molecule has 1 aliphatic rings. The predicted molar refractivity (Wildman–Crippen MR) is 74.4 cm³/mol. The Balaban J connectivity index is 1.82. The minimum absolute atomic E-state index is 0.112. The molecule has 19 heavy (non-hydrogen) atoms. The van der Waals surface area contributed by atoms with Crippen molar-refractivity contribution in [3.05, 3.63) is 46.8 Å². The van der Waals surface area contributed by atoms with Crippen LogP contribution in [0.25, 0.3) is 10.4 Å². The highest BCUT2D eigenvalue weighted by Crippen LogP contribution is 2.30. The number of benzene rings is 1. The molecule has 1 aromatic carbocycles. The SMILES string of the molecule is CC(=O)c1ccc(-c2ccc(C3OCCO3)cc2)s1. The zero-order valence-electron chi connectivity index (χ0n) is 10.6. The molecule has 0 aliphatic carbocycles. The molecule has 98 valence electrons. The molecular weight excluding hydrogens is 260 g/mol. The van der Waals surface area contributed by atoms with Crippen LogP contribution in [0.5, 0.6) is 0 Å². The zero-order valence-corrected chi connectivity index (χ0v) is 11.4. The molecule has 0 atom stereocenters. The van der Waals surface area contributed by atoms with Crippen LogP contribution in [0.2, 0.25) is 0 Å². The highest BCUT2D eigenvalue weighted by atomic mass is 32.1. The molecule has 0 saturated carbocycles. The lowest BCUT2D eigenvalue weighted by atomic mass is 10.1. The first-order valence-corrected chi connectivity index (χ1v) is 7.00. The molecule has 1 aromatic heterocycles. The normalized spacial score (nSPS) is 15.8. The smallest absolute Gasteiger partial charge is 0.184 e. The first-order chi connectivity index (χ1) is 9.24. The lowest BCUT2D eigenvalue weighted by Gasteiger charge is -2.09. The Morgan fingerprint density at radius 1 is 1.11 bits per heavy atom. The summed E-state index contributed by atoms with van der Waals surface area (Å²) in [5, 5.41) is 0. The third-order valence-corrected chi connectivity index (χ3v) is 4.28. The first kappa shape index (κ1) is 12.5. The molecule has 0 N–H and O–H groups in total. The molecule has 2 aromatic rings. The van der Waals surface area contributed by atoms with Gasteiger partial charge in [0.1, 0.15) is 0 Å². The summed E-state index contributed by atoms with van der Waals surface area (Å²) >= 11 is 1.52. The van der Waals surface area contributed by atoms with Crippen LogP contribution < -0.4 is 0 Å². The molecule has 3 rings (SSSR count). The molecule has 1 fully saturated rings. The van der Waals surface area contributed by atoms with Gasteiger partial charge in [-0.05, 0) is 24.6 Å². The minimum Gasteiger partial charge on any atom is -0.346 e. The molecule has 1 aliphatic heterocycles. The highest BCUT2D eigenvalue weighted by molar-refractivity contribution is 7.17. The second-order valence-corrected chi connectivity index (χ2v) is 5.50. The fourth-order valence-corrected chi connectivity index (χ4v) is 2.94. The van der Waals surface area contributed by atoms with Crippen molar-refractivity contribution < 1.29 is 14.3 Å². The Morgan fingerprint density at radius 2 is 1.79 bits per heavy atom. The average molecular weight is 274 g/mol. The first-order valence-electron chi connectivity index (χ1n) is 6.18. The maximum absolute atomic E-state index is 11.3. The maximum atomic E-state index is 11.3. The summed E-state index contributed by atoms with van der Waals surface area (Å²) in [6.07, 6.45) is -0.231. The van der Waals surface area contributed by atoms with Gasteiger partial charge in [0.25, 0.3) is 0 Å². The van der Waals surface area contributed by atoms with Gasteiger partial charge in [0.15, 0.2) is 12.1 Å². The quantitative estimate of drug-likeness (QED) is 0.801. The van der Waals surface area contributed by atoms with E-state index in [2.05, 4.69) is 0 Å². The van der Waals surface area contributed by atoms with E-state index in [1.54, 1.807) is 6.92 Å². The number of ether oxygens (including phenoxy) is 2. The number of thiophene rings is 1. The predicted octanol–water partition coefficient (Wildman–Crippen LogP) is 3.66. The molecule has 0 bridgehead atoms. The van der Waals surface area contributed by atoms with Gasteiger partial charge in [0.05, 0.1) is 18.1 Å². The number of Topliss-reactive ketones (excluding diaryl/α,β-unsaturated/α-hetero) is 1. The monoisotopic (exact) mass is 274 g/mol. The van der Waals surface area contributed by atoms with E-state index in [1.807, 2.05) is 36.4 Å². The topological polar surface area (TPSA) is 35.5 Å². The third-order valence-electron chi connectivity index (χ3n) is 3.04. The summed E-state index contributed by atoms with van der Waals surface area (Å²) in [7, 11) is 0. The van der Waals surface area contributed by atoms with Gasteiger partial charge in [-0.1, -0.05) is 24.3 Å². The number of carbonyl (C=O) groups excluding carboxylic acids is 1. The summed E-state index contributed by atoms with van der Waals surface area (Å²) in [6, 6.07) is 12.0. The van der Waals surface area contributed by atoms with Gasteiger partial charge in [-0.3, -0.25) is 4.79 Å². The molecule has 3 nitrogen and oxygen atoms in total. The van der Waals surface area contributed by atoms with Gasteiger partial charge >= 0.3 is 0 Å². The Kier molecular flexibility index (Phi) is 3.46. The van der Waals surface area contributed by atoms with Crippen molar-refractivity contribution in [2.75, 3.05) is 13.2 Å². The summed E-state index contributed by atoms with van der Waals surface area (Å²) in [4.78, 5) is 13.2. The van der Waals surface area contributed by atoms with Crippen LogP contribution in [0.4, 0.5) is 0 Å². The van der Waals surface area contributed by atoms with Crippen LogP contribution >= 0.6 is 11.3 Å². The molecule has 1 saturated heterocycles. The van der Waals surface area contributed by atoms with Crippen LogP contribution in [0.1, 0.15) is 28.4 Å². The van der Waals surface area contributed by atoms with E-state index in [-0.39, 0.29) is 12.1 Å². The summed E-state index contributed by atoms with van der Waals surface area (Å²) in [6.45, 7) is 2.89. The van der Waals surface area contributed by atoms with Crippen molar-refractivity contribution in [1.82, 2.24) is 0 Å². The Labute approximate surface area is 115 Å². The van der Waals surface area contributed by atoms with Gasteiger partial charge in [-0.2, -0.15) is 0 Å². The van der Waals surface area contributed by atoms with Gasteiger partial charge in [0, 0.05) is 10.4 Å². The second-order valence-electron chi connectivity index (χ2n) is 4.42. The zero-order chi connectivity index (χ0) is 13.2. The van der Waals surface area contributed by atoms with Gasteiger partial charge < -0.3 is 9.47 Å². The Morgan fingerprint density at radius 3 is 2.37 bits per heavy atom. The average Bonchev–Trinajstić information content (AvgIpc) is 3.11. The van der Waals surface area contributed by atoms with Crippen LogP contribution in [0.15, 0.2) is 36.4 Å². The van der Waals surface area contributed by atoms with Crippen LogP contribution in [0, 0.1) is 0 Å². The van der Waals surface area contributed by atoms with Crippen molar-refractivity contribution in [2.24, 2.45) is 0 Å². The lowest BCUT2D eigenvalue weighted by Crippen LogP contribution is -1.97. The van der Waals surface area contributed by atoms with E-state index in [4.69, 9.17) is 9.47 Å². The van der Waals surface area contributed by atoms with E-state index >= 15 is 0 Å². The van der Waals surface area contributed by atoms with E-state index in [0.29, 0.717) is 13.2 Å². The van der Waals surface area contributed by atoms with Crippen LogP contribution in [0.3, 0.4) is 0 Å². The summed E-state index contributed by atoms with van der Waals surface area (Å²) in [5.74, 6) is 0.112. The van der Waals surface area contributed by atoms with E-state index in [0.717, 1.165) is 20.9 Å². The molecule has 4 heteroatoms. The van der Waals surface area contributed by atoms with Gasteiger partial charge in [0.2, 0.25) is 0 Å². The number of carbonyl (C=O) groups is 1. The molecule has 0 unspecified atom stereocenters. The van der Waals surface area contributed by atoms with Crippen LogP contribution in [-0.4, -0.2) is 19.0 Å². The molecule has 2 heterocycles. The number of ketones is 1. The van der Waals surface area contributed by atoms with E-state index < -0.39 is 0 Å². The van der Waals surface area contributed by atoms with Crippen molar-refractivity contribution in [3.8, 4) is 10.4 Å². The third kappa shape index (κ3) is 2.61. The fourth-order valence-electron chi connectivity index (χ4n) is 2.04. The largest absolute Gasteiger partial charge is 0.346 e. The van der Waals surface area contributed by atoms with Crippen molar-refractivity contribution >= 4 is 17.1 Å². The van der Waals surface area contributed by atoms with Crippen molar-refractivity contribution in [3.63, 3.8) is 0 Å². The number of rotatable bonds is 3.